The quantitative estimate of drug-likeness (QED) is 0.593. The summed E-state index contributed by atoms with van der Waals surface area (Å²) in [5.74, 6) is 0.991. The predicted molar refractivity (Wildman–Crippen MR) is 92.7 cm³/mol. The number of nitrogens with zero attached hydrogens (tertiary/aromatic N) is 3. The minimum atomic E-state index is -0.525. The van der Waals surface area contributed by atoms with Gasteiger partial charge in [0.1, 0.15) is 12.1 Å². The summed E-state index contributed by atoms with van der Waals surface area (Å²) in [7, 11) is 0. The third kappa shape index (κ3) is 4.18. The molecule has 0 radical (unpaired) electrons. The lowest BCUT2D eigenvalue weighted by atomic mass is 10.0. The number of nitrogens with one attached hydrogen (secondary N) is 1. The van der Waals surface area contributed by atoms with Gasteiger partial charge in [-0.2, -0.15) is 4.98 Å². The van der Waals surface area contributed by atoms with E-state index >= 15 is 0 Å². The van der Waals surface area contributed by atoms with Crippen molar-refractivity contribution in [1.82, 2.24) is 9.97 Å². The highest BCUT2D eigenvalue weighted by Gasteiger charge is 2.25. The lowest BCUT2D eigenvalue weighted by molar-refractivity contribution is -0.385. The zero-order valence-corrected chi connectivity index (χ0v) is 14.3. The summed E-state index contributed by atoms with van der Waals surface area (Å²) in [5.41, 5.74) is 0.907. The first-order valence-electron chi connectivity index (χ1n) is 7.96. The molecule has 1 aromatic carbocycles. The number of rotatable bonds is 7. The first-order chi connectivity index (χ1) is 11.4. The van der Waals surface area contributed by atoms with Crippen molar-refractivity contribution >= 4 is 11.5 Å². The van der Waals surface area contributed by atoms with Gasteiger partial charge in [0, 0.05) is 6.04 Å². The fourth-order valence-corrected chi connectivity index (χ4v) is 2.08. The Morgan fingerprint density at radius 2 is 1.88 bits per heavy atom. The van der Waals surface area contributed by atoms with Gasteiger partial charge in [0.25, 0.3) is 0 Å². The Morgan fingerprint density at radius 1 is 1.21 bits per heavy atom. The van der Waals surface area contributed by atoms with Crippen LogP contribution in [0.25, 0.3) is 0 Å². The van der Waals surface area contributed by atoms with Gasteiger partial charge in [0.05, 0.1) is 4.92 Å². The molecule has 0 amide bonds. The van der Waals surface area contributed by atoms with Crippen LogP contribution in [0.2, 0.25) is 0 Å². The Balaban J connectivity index is 2.32. The normalized spacial score (nSPS) is 12.0. The number of benzene rings is 1. The van der Waals surface area contributed by atoms with Crippen LogP contribution in [0.1, 0.15) is 45.6 Å². The number of hydrogen-bond donors (Lipinski definition) is 1. The van der Waals surface area contributed by atoms with E-state index in [2.05, 4.69) is 29.1 Å². The number of anilines is 1. The molecule has 7 heteroatoms. The maximum Gasteiger partial charge on any atom is 0.373 e. The minimum absolute atomic E-state index is 0.0526. The maximum atomic E-state index is 11.5. The van der Waals surface area contributed by atoms with Gasteiger partial charge in [-0.15, -0.1) is 0 Å². The van der Waals surface area contributed by atoms with Gasteiger partial charge in [-0.05, 0) is 37.0 Å². The van der Waals surface area contributed by atoms with Gasteiger partial charge in [-0.25, -0.2) is 4.98 Å². The molecule has 0 aliphatic rings. The van der Waals surface area contributed by atoms with E-state index in [1.807, 2.05) is 26.0 Å². The second-order valence-electron chi connectivity index (χ2n) is 5.91. The fourth-order valence-electron chi connectivity index (χ4n) is 2.08. The highest BCUT2D eigenvalue weighted by molar-refractivity contribution is 5.62. The van der Waals surface area contributed by atoms with Crippen molar-refractivity contribution in [1.29, 1.82) is 0 Å². The van der Waals surface area contributed by atoms with E-state index in [4.69, 9.17) is 4.74 Å². The van der Waals surface area contributed by atoms with Crippen molar-refractivity contribution in [3.05, 3.63) is 46.3 Å². The Bertz CT molecular complexity index is 701. The number of ether oxygens (including phenoxy) is 1. The van der Waals surface area contributed by atoms with Crippen molar-refractivity contribution in [2.75, 3.05) is 5.32 Å². The van der Waals surface area contributed by atoms with Crippen LogP contribution in [0.5, 0.6) is 11.6 Å². The average molecular weight is 330 g/mol. The Labute approximate surface area is 141 Å². The van der Waals surface area contributed by atoms with E-state index in [1.54, 1.807) is 12.1 Å². The molecule has 1 N–H and O–H groups in total. The van der Waals surface area contributed by atoms with Gasteiger partial charge in [0.15, 0.2) is 0 Å². The maximum absolute atomic E-state index is 11.5. The summed E-state index contributed by atoms with van der Waals surface area (Å²) < 4.78 is 5.63. The zero-order valence-electron chi connectivity index (χ0n) is 14.3. The lowest BCUT2D eigenvalue weighted by Gasteiger charge is -2.13. The van der Waals surface area contributed by atoms with Crippen LogP contribution in [0.15, 0.2) is 30.6 Å². The van der Waals surface area contributed by atoms with Crippen LogP contribution >= 0.6 is 0 Å². The molecule has 0 bridgehead atoms. The molecule has 2 aromatic rings. The molecule has 0 aliphatic carbocycles. The molecule has 0 aliphatic heterocycles. The van der Waals surface area contributed by atoms with E-state index in [-0.39, 0.29) is 23.4 Å². The topological polar surface area (TPSA) is 90.2 Å². The molecule has 0 fully saturated rings. The summed E-state index contributed by atoms with van der Waals surface area (Å²) in [6.45, 7) is 8.10. The van der Waals surface area contributed by atoms with E-state index in [0.717, 1.165) is 6.42 Å². The van der Waals surface area contributed by atoms with Crippen molar-refractivity contribution in [2.45, 2.75) is 46.1 Å². The van der Waals surface area contributed by atoms with Crippen LogP contribution in [-0.2, 0) is 0 Å². The molecular formula is C17H22N4O3. The molecule has 1 heterocycles. The molecule has 0 spiro atoms. The van der Waals surface area contributed by atoms with Crippen molar-refractivity contribution < 1.29 is 9.66 Å². The first-order valence-corrected chi connectivity index (χ1v) is 7.96. The van der Waals surface area contributed by atoms with Crippen LogP contribution in [-0.4, -0.2) is 20.9 Å². The smallest absolute Gasteiger partial charge is 0.373 e. The van der Waals surface area contributed by atoms with Gasteiger partial charge < -0.3 is 10.1 Å². The highest BCUT2D eigenvalue weighted by Crippen LogP contribution is 2.34. The third-order valence-electron chi connectivity index (χ3n) is 3.73. The molecule has 128 valence electrons. The molecule has 0 saturated heterocycles. The van der Waals surface area contributed by atoms with Gasteiger partial charge in [-0.1, -0.05) is 32.9 Å². The minimum Gasteiger partial charge on any atom is -0.434 e. The van der Waals surface area contributed by atoms with Gasteiger partial charge >= 0.3 is 11.6 Å². The molecule has 7 nitrogen and oxygen atoms in total. The largest absolute Gasteiger partial charge is 0.434 e. The second kappa shape index (κ2) is 7.72. The van der Waals surface area contributed by atoms with E-state index in [9.17, 15) is 10.1 Å². The Kier molecular flexibility index (Phi) is 5.68. The molecule has 1 atom stereocenters. The van der Waals surface area contributed by atoms with Crippen LogP contribution in [0.4, 0.5) is 11.5 Å². The molecule has 2 rings (SSSR count). The van der Waals surface area contributed by atoms with Gasteiger partial charge in [0.2, 0.25) is 5.82 Å². The molecule has 24 heavy (non-hydrogen) atoms. The lowest BCUT2D eigenvalue weighted by Crippen LogP contribution is -2.16. The van der Waals surface area contributed by atoms with E-state index < -0.39 is 4.92 Å². The number of aromatic nitrogens is 2. The first kappa shape index (κ1) is 17.7. The van der Waals surface area contributed by atoms with Crippen LogP contribution < -0.4 is 10.1 Å². The standard InChI is InChI=1S/C17H22N4O3/c1-5-12(4)20-16-15(21(22)23)17(19-10-18-16)24-14-8-6-13(7-9-14)11(2)3/h6-12H,5H2,1-4H3,(H,18,19,20). The summed E-state index contributed by atoms with van der Waals surface area (Å²) in [4.78, 5) is 18.8. The van der Waals surface area contributed by atoms with Gasteiger partial charge in [-0.3, -0.25) is 10.1 Å². The fraction of sp³-hybridized carbons (Fsp3) is 0.412. The molecule has 1 unspecified atom stereocenters. The molecule has 0 saturated carbocycles. The second-order valence-corrected chi connectivity index (χ2v) is 5.91. The number of hydrogen-bond acceptors (Lipinski definition) is 6. The van der Waals surface area contributed by atoms with Crippen molar-refractivity contribution in [3.63, 3.8) is 0 Å². The van der Waals surface area contributed by atoms with Crippen LogP contribution in [0.3, 0.4) is 0 Å². The summed E-state index contributed by atoms with van der Waals surface area (Å²) in [6.07, 6.45) is 2.07. The average Bonchev–Trinajstić information content (AvgIpc) is 2.55. The SMILES string of the molecule is CCC(C)Nc1ncnc(Oc2ccc(C(C)C)cc2)c1[N+](=O)[O-]. The van der Waals surface area contributed by atoms with Crippen molar-refractivity contribution in [2.24, 2.45) is 0 Å². The Hall–Kier alpha value is -2.70. The zero-order chi connectivity index (χ0) is 17.7. The summed E-state index contributed by atoms with van der Waals surface area (Å²) >= 11 is 0. The van der Waals surface area contributed by atoms with E-state index in [1.165, 1.54) is 11.9 Å². The van der Waals surface area contributed by atoms with Crippen LogP contribution in [0, 0.1) is 10.1 Å². The number of nitro groups is 1. The predicted octanol–water partition coefficient (Wildman–Crippen LogP) is 4.51. The highest BCUT2D eigenvalue weighted by atomic mass is 16.6. The summed E-state index contributed by atoms with van der Waals surface area (Å²) in [5, 5.41) is 14.5. The molecule has 1 aromatic heterocycles. The van der Waals surface area contributed by atoms with E-state index in [0.29, 0.717) is 11.7 Å². The summed E-state index contributed by atoms with van der Waals surface area (Å²) in [6, 6.07) is 7.49. The molecular weight excluding hydrogens is 308 g/mol. The third-order valence-corrected chi connectivity index (χ3v) is 3.73. The Morgan fingerprint density at radius 3 is 2.42 bits per heavy atom. The monoisotopic (exact) mass is 330 g/mol. The van der Waals surface area contributed by atoms with Crippen molar-refractivity contribution in [3.8, 4) is 11.6 Å².